The number of Topliss-reactive ketones (excluding diaryl/α,β-unsaturated/α-hetero) is 1. The molecule has 6 nitrogen and oxygen atoms in total. The summed E-state index contributed by atoms with van der Waals surface area (Å²) in [6.45, 7) is 5.40. The second-order valence-electron chi connectivity index (χ2n) is 8.31. The molecule has 2 heterocycles. The van der Waals surface area contributed by atoms with Crippen LogP contribution in [0.5, 0.6) is 11.5 Å². The summed E-state index contributed by atoms with van der Waals surface area (Å²) < 4.78 is 11.7. The van der Waals surface area contributed by atoms with Gasteiger partial charge in [-0.3, -0.25) is 9.59 Å². The number of hydrogen-bond donors (Lipinski definition) is 1. The van der Waals surface area contributed by atoms with Crippen LogP contribution < -0.4 is 14.8 Å². The molecular formula is C25H30N2O4. The van der Waals surface area contributed by atoms with Crippen LogP contribution in [0.3, 0.4) is 0 Å². The number of benzene rings is 2. The van der Waals surface area contributed by atoms with E-state index in [1.807, 2.05) is 37.3 Å². The highest BCUT2D eigenvalue weighted by molar-refractivity contribution is 6.07. The maximum atomic E-state index is 13.2. The van der Waals surface area contributed by atoms with Gasteiger partial charge in [-0.2, -0.15) is 0 Å². The van der Waals surface area contributed by atoms with E-state index in [2.05, 4.69) is 10.2 Å². The van der Waals surface area contributed by atoms with Crippen LogP contribution in [0.4, 0.5) is 0 Å². The van der Waals surface area contributed by atoms with Gasteiger partial charge in [-0.1, -0.05) is 43.7 Å². The standard InChI is InChI=1S/C25H30N2O4/c1-17-22(28)20-15-19(30-2)16-21(24(20)31-23(17)18-9-5-3-6-10-18)25(29)26-11-14-27-12-7-4-8-13-27/h3,5-6,9-10,15-17,23H,4,7-8,11-14H2,1-2H3,(H,26,29)/t17-,23-/m0/s1. The van der Waals surface area contributed by atoms with Gasteiger partial charge in [0.1, 0.15) is 17.6 Å². The fraction of sp³-hybridized carbons (Fsp3) is 0.440. The number of amides is 1. The van der Waals surface area contributed by atoms with E-state index in [0.717, 1.165) is 25.2 Å². The van der Waals surface area contributed by atoms with Gasteiger partial charge in [0, 0.05) is 13.1 Å². The van der Waals surface area contributed by atoms with E-state index in [0.29, 0.717) is 29.2 Å². The average Bonchev–Trinajstić information content (AvgIpc) is 2.82. The van der Waals surface area contributed by atoms with Gasteiger partial charge in [0.05, 0.1) is 24.2 Å². The Hall–Kier alpha value is -2.86. The third kappa shape index (κ3) is 4.59. The number of rotatable bonds is 6. The number of ketones is 1. The number of likely N-dealkylation sites (tertiary alicyclic amines) is 1. The molecule has 1 amide bonds. The second kappa shape index (κ2) is 9.52. The molecule has 0 bridgehead atoms. The first-order valence-electron chi connectivity index (χ1n) is 11.1. The number of methoxy groups -OCH3 is 1. The number of carbonyl (C=O) groups excluding carboxylic acids is 2. The zero-order valence-electron chi connectivity index (χ0n) is 18.2. The third-order valence-electron chi connectivity index (χ3n) is 6.21. The van der Waals surface area contributed by atoms with E-state index < -0.39 is 6.10 Å². The van der Waals surface area contributed by atoms with Gasteiger partial charge in [-0.05, 0) is 43.6 Å². The number of hydrogen-bond acceptors (Lipinski definition) is 5. The van der Waals surface area contributed by atoms with Crippen LogP contribution in [-0.2, 0) is 0 Å². The molecule has 0 aliphatic carbocycles. The van der Waals surface area contributed by atoms with Gasteiger partial charge in [0.25, 0.3) is 5.91 Å². The van der Waals surface area contributed by atoms with Crippen molar-refractivity contribution in [1.82, 2.24) is 10.2 Å². The zero-order valence-corrected chi connectivity index (χ0v) is 18.2. The van der Waals surface area contributed by atoms with E-state index in [4.69, 9.17) is 9.47 Å². The normalized spacial score (nSPS) is 21.2. The first kappa shape index (κ1) is 21.4. The number of fused-ring (bicyclic) bond motifs is 1. The Morgan fingerprint density at radius 1 is 1.16 bits per heavy atom. The van der Waals surface area contributed by atoms with Gasteiger partial charge < -0.3 is 19.7 Å². The minimum Gasteiger partial charge on any atom is -0.497 e. The molecule has 1 N–H and O–H groups in total. The van der Waals surface area contributed by atoms with E-state index in [1.54, 1.807) is 12.1 Å². The molecule has 4 rings (SSSR count). The van der Waals surface area contributed by atoms with E-state index in [1.165, 1.54) is 26.4 Å². The number of nitrogens with zero attached hydrogens (tertiary/aromatic N) is 1. The van der Waals surface area contributed by atoms with Gasteiger partial charge in [-0.15, -0.1) is 0 Å². The van der Waals surface area contributed by atoms with Crippen molar-refractivity contribution in [3.8, 4) is 11.5 Å². The maximum Gasteiger partial charge on any atom is 0.255 e. The smallest absolute Gasteiger partial charge is 0.255 e. The number of piperidine rings is 1. The minimum atomic E-state index is -0.436. The Morgan fingerprint density at radius 2 is 1.90 bits per heavy atom. The fourth-order valence-corrected chi connectivity index (χ4v) is 4.42. The van der Waals surface area contributed by atoms with Gasteiger partial charge >= 0.3 is 0 Å². The van der Waals surface area contributed by atoms with Gasteiger partial charge in [0.2, 0.25) is 0 Å². The highest BCUT2D eigenvalue weighted by atomic mass is 16.5. The summed E-state index contributed by atoms with van der Waals surface area (Å²) in [4.78, 5) is 28.6. The molecule has 2 aliphatic rings. The van der Waals surface area contributed by atoms with Crippen LogP contribution in [0.25, 0.3) is 0 Å². The molecule has 0 unspecified atom stereocenters. The van der Waals surface area contributed by atoms with Crippen molar-refractivity contribution in [2.24, 2.45) is 5.92 Å². The fourth-order valence-electron chi connectivity index (χ4n) is 4.42. The van der Waals surface area contributed by atoms with Crippen LogP contribution >= 0.6 is 0 Å². The average molecular weight is 423 g/mol. The Labute approximate surface area is 183 Å². The van der Waals surface area contributed by atoms with Gasteiger partial charge in [-0.25, -0.2) is 0 Å². The lowest BCUT2D eigenvalue weighted by atomic mass is 9.86. The van der Waals surface area contributed by atoms with Crippen molar-refractivity contribution in [1.29, 1.82) is 0 Å². The number of ether oxygens (including phenoxy) is 2. The van der Waals surface area contributed by atoms with Crippen LogP contribution in [0, 0.1) is 5.92 Å². The topological polar surface area (TPSA) is 67.9 Å². The summed E-state index contributed by atoms with van der Waals surface area (Å²) in [6, 6.07) is 13.0. The summed E-state index contributed by atoms with van der Waals surface area (Å²) in [6.07, 6.45) is 3.28. The Morgan fingerprint density at radius 3 is 2.61 bits per heavy atom. The quantitative estimate of drug-likeness (QED) is 0.766. The number of nitrogens with one attached hydrogen (secondary N) is 1. The molecule has 31 heavy (non-hydrogen) atoms. The molecule has 0 spiro atoms. The Kier molecular flexibility index (Phi) is 6.56. The summed E-state index contributed by atoms with van der Waals surface area (Å²) in [7, 11) is 1.53. The SMILES string of the molecule is COc1cc(C(=O)NCCN2CCCCC2)c2c(c1)C(=O)[C@H](C)[C@@H](c1ccccc1)O2. The summed E-state index contributed by atoms with van der Waals surface area (Å²) in [5.74, 6) is 0.158. The molecule has 0 aromatic heterocycles. The van der Waals surface area contributed by atoms with Crippen molar-refractivity contribution in [3.63, 3.8) is 0 Å². The molecule has 2 aromatic rings. The molecule has 2 atom stereocenters. The van der Waals surface area contributed by atoms with Crippen LogP contribution in [0.1, 0.15) is 58.6 Å². The molecule has 6 heteroatoms. The molecule has 0 saturated carbocycles. The lowest BCUT2D eigenvalue weighted by molar-refractivity contribution is 0.0682. The number of carbonyl (C=O) groups is 2. The van der Waals surface area contributed by atoms with Crippen LogP contribution in [0.15, 0.2) is 42.5 Å². The predicted octanol–water partition coefficient (Wildman–Crippen LogP) is 3.86. The summed E-state index contributed by atoms with van der Waals surface area (Å²) in [5, 5.41) is 3.00. The van der Waals surface area contributed by atoms with E-state index in [-0.39, 0.29) is 17.6 Å². The first-order valence-corrected chi connectivity index (χ1v) is 11.1. The highest BCUT2D eigenvalue weighted by Crippen LogP contribution is 2.42. The first-order chi connectivity index (χ1) is 15.1. The molecule has 1 fully saturated rings. The molecule has 2 aliphatic heterocycles. The van der Waals surface area contributed by atoms with Crippen molar-refractivity contribution < 1.29 is 19.1 Å². The lowest BCUT2D eigenvalue weighted by Gasteiger charge is -2.32. The van der Waals surface area contributed by atoms with E-state index in [9.17, 15) is 9.59 Å². The Balaban J connectivity index is 1.58. The molecule has 2 aromatic carbocycles. The Bertz CT molecular complexity index is 938. The van der Waals surface area contributed by atoms with Crippen LogP contribution in [0.2, 0.25) is 0 Å². The van der Waals surface area contributed by atoms with Crippen molar-refractivity contribution in [2.45, 2.75) is 32.3 Å². The molecule has 164 valence electrons. The van der Waals surface area contributed by atoms with Crippen molar-refractivity contribution in [2.75, 3.05) is 33.3 Å². The maximum absolute atomic E-state index is 13.2. The van der Waals surface area contributed by atoms with E-state index >= 15 is 0 Å². The summed E-state index contributed by atoms with van der Waals surface area (Å²) in [5.41, 5.74) is 1.66. The lowest BCUT2D eigenvalue weighted by Crippen LogP contribution is -2.38. The predicted molar refractivity (Wildman–Crippen MR) is 119 cm³/mol. The third-order valence-corrected chi connectivity index (χ3v) is 6.21. The molecular weight excluding hydrogens is 392 g/mol. The van der Waals surface area contributed by atoms with Crippen molar-refractivity contribution >= 4 is 11.7 Å². The summed E-state index contributed by atoms with van der Waals surface area (Å²) >= 11 is 0. The van der Waals surface area contributed by atoms with Crippen molar-refractivity contribution in [3.05, 3.63) is 59.2 Å². The highest BCUT2D eigenvalue weighted by Gasteiger charge is 2.37. The molecule has 1 saturated heterocycles. The second-order valence-corrected chi connectivity index (χ2v) is 8.31. The largest absolute Gasteiger partial charge is 0.497 e. The minimum absolute atomic E-state index is 0.0450. The van der Waals surface area contributed by atoms with Gasteiger partial charge in [0.15, 0.2) is 5.78 Å². The molecule has 0 radical (unpaired) electrons. The zero-order chi connectivity index (χ0) is 21.8. The monoisotopic (exact) mass is 422 g/mol. The van der Waals surface area contributed by atoms with Crippen LogP contribution in [-0.4, -0.2) is 49.9 Å².